The summed E-state index contributed by atoms with van der Waals surface area (Å²) in [5.74, 6) is -0.603. The highest BCUT2D eigenvalue weighted by Crippen LogP contribution is 2.38. The van der Waals surface area contributed by atoms with Crippen LogP contribution in [-0.4, -0.2) is 34.1 Å². The predicted octanol–water partition coefficient (Wildman–Crippen LogP) is 4.68. The summed E-state index contributed by atoms with van der Waals surface area (Å²) in [5.41, 5.74) is 1.34. The number of anilines is 2. The summed E-state index contributed by atoms with van der Waals surface area (Å²) in [5, 5.41) is 12.5. The zero-order valence-corrected chi connectivity index (χ0v) is 17.2. The molecule has 9 heteroatoms. The molecule has 1 aliphatic carbocycles. The molecular formula is C23H21F3N6. The summed E-state index contributed by atoms with van der Waals surface area (Å²) in [6, 6.07) is 6.98. The Balaban J connectivity index is 1.38. The molecule has 1 atom stereocenters. The van der Waals surface area contributed by atoms with E-state index in [1.165, 1.54) is 6.07 Å². The van der Waals surface area contributed by atoms with E-state index < -0.39 is 17.8 Å². The van der Waals surface area contributed by atoms with Gasteiger partial charge in [-0.1, -0.05) is 6.07 Å². The molecule has 1 N–H and O–H groups in total. The molecule has 1 aliphatic heterocycles. The monoisotopic (exact) mass is 438 g/mol. The Labute approximate surface area is 183 Å². The Hall–Kier alpha value is -3.41. The molecule has 32 heavy (non-hydrogen) atoms. The van der Waals surface area contributed by atoms with E-state index in [0.29, 0.717) is 54.6 Å². The van der Waals surface area contributed by atoms with Gasteiger partial charge >= 0.3 is 0 Å². The van der Waals surface area contributed by atoms with Crippen LogP contribution in [-0.2, 0) is 0 Å². The largest absolute Gasteiger partial charge is 0.364 e. The van der Waals surface area contributed by atoms with E-state index in [-0.39, 0.29) is 17.2 Å². The molecule has 164 valence electrons. The zero-order valence-electron chi connectivity index (χ0n) is 17.2. The minimum absolute atomic E-state index is 0.0945. The molecule has 3 aromatic rings. The Morgan fingerprint density at radius 3 is 2.53 bits per heavy atom. The van der Waals surface area contributed by atoms with Crippen LogP contribution in [0.5, 0.6) is 0 Å². The van der Waals surface area contributed by atoms with Crippen LogP contribution >= 0.6 is 0 Å². The molecule has 3 heterocycles. The van der Waals surface area contributed by atoms with Gasteiger partial charge in [0.25, 0.3) is 0 Å². The second kappa shape index (κ2) is 8.26. The van der Waals surface area contributed by atoms with Crippen molar-refractivity contribution in [2.24, 2.45) is 5.92 Å². The first-order valence-electron chi connectivity index (χ1n) is 10.7. The van der Waals surface area contributed by atoms with E-state index in [9.17, 15) is 8.78 Å². The number of pyridine rings is 1. The van der Waals surface area contributed by atoms with Crippen molar-refractivity contribution >= 4 is 22.7 Å². The van der Waals surface area contributed by atoms with Crippen molar-refractivity contribution in [1.82, 2.24) is 15.0 Å². The van der Waals surface area contributed by atoms with E-state index >= 15 is 4.39 Å². The summed E-state index contributed by atoms with van der Waals surface area (Å²) >= 11 is 0. The number of nitriles is 1. The van der Waals surface area contributed by atoms with Crippen molar-refractivity contribution in [2.45, 2.75) is 37.9 Å². The molecule has 2 aromatic heterocycles. The number of nitrogens with zero attached hydrogens (tertiary/aromatic N) is 5. The highest BCUT2D eigenvalue weighted by molar-refractivity contribution is 5.80. The zero-order chi connectivity index (χ0) is 22.2. The molecule has 0 bridgehead atoms. The van der Waals surface area contributed by atoms with Crippen molar-refractivity contribution in [3.63, 3.8) is 0 Å². The molecule has 6 nitrogen and oxygen atoms in total. The van der Waals surface area contributed by atoms with Gasteiger partial charge < -0.3 is 10.2 Å². The summed E-state index contributed by atoms with van der Waals surface area (Å²) < 4.78 is 42.3. The maximum atomic E-state index is 15.0. The summed E-state index contributed by atoms with van der Waals surface area (Å²) in [6.45, 7) is 1.06. The molecular weight excluding hydrogens is 417 g/mol. The van der Waals surface area contributed by atoms with Gasteiger partial charge in [-0.25, -0.2) is 28.1 Å². The van der Waals surface area contributed by atoms with Crippen molar-refractivity contribution in [3.8, 4) is 6.07 Å². The van der Waals surface area contributed by atoms with Crippen LogP contribution in [0.3, 0.4) is 0 Å². The summed E-state index contributed by atoms with van der Waals surface area (Å²) in [6.07, 6.45) is 3.19. The molecule has 0 amide bonds. The molecule has 2 aliphatic rings. The number of fused-ring (bicyclic) bond motifs is 1. The van der Waals surface area contributed by atoms with Crippen LogP contribution in [0, 0.1) is 28.9 Å². The van der Waals surface area contributed by atoms with Crippen LogP contribution in [0.15, 0.2) is 30.5 Å². The number of halogens is 3. The number of rotatable bonds is 5. The molecule has 1 aromatic carbocycles. The van der Waals surface area contributed by atoms with Crippen LogP contribution < -0.4 is 10.2 Å². The third-order valence-corrected chi connectivity index (χ3v) is 6.08. The van der Waals surface area contributed by atoms with Gasteiger partial charge in [-0.15, -0.1) is 0 Å². The van der Waals surface area contributed by atoms with Gasteiger partial charge in [0, 0.05) is 36.8 Å². The van der Waals surface area contributed by atoms with Gasteiger partial charge in [0.15, 0.2) is 11.6 Å². The predicted molar refractivity (Wildman–Crippen MR) is 114 cm³/mol. The van der Waals surface area contributed by atoms with E-state index in [4.69, 9.17) is 10.2 Å². The van der Waals surface area contributed by atoms with Gasteiger partial charge in [-0.2, -0.15) is 5.26 Å². The Morgan fingerprint density at radius 1 is 1.06 bits per heavy atom. The fourth-order valence-electron chi connectivity index (χ4n) is 4.13. The van der Waals surface area contributed by atoms with Gasteiger partial charge in [-0.3, -0.25) is 0 Å². The molecule has 0 spiro atoms. The molecule has 2 fully saturated rings. The summed E-state index contributed by atoms with van der Waals surface area (Å²) in [7, 11) is 0. The molecule has 1 saturated heterocycles. The SMILES string of the molecule is N#Cc1cc2nc(N3CCC([C@@H](F)c4ccc(F)cc4F)CC3)c(NC3CC3)nc2cn1. The lowest BCUT2D eigenvalue weighted by atomic mass is 9.88. The number of benzene rings is 1. The topological polar surface area (TPSA) is 77.7 Å². The minimum Gasteiger partial charge on any atom is -0.364 e. The first kappa shape index (κ1) is 20.5. The molecule has 1 saturated carbocycles. The number of hydrogen-bond donors (Lipinski definition) is 1. The molecule has 0 radical (unpaired) electrons. The van der Waals surface area contributed by atoms with Gasteiger partial charge in [0.05, 0.1) is 11.7 Å². The van der Waals surface area contributed by atoms with Crippen LogP contribution in [0.2, 0.25) is 0 Å². The van der Waals surface area contributed by atoms with E-state index in [1.807, 2.05) is 11.0 Å². The number of alkyl halides is 1. The quantitative estimate of drug-likeness (QED) is 0.624. The lowest BCUT2D eigenvalue weighted by Crippen LogP contribution is -2.36. The molecule has 5 rings (SSSR count). The molecule has 0 unspecified atom stereocenters. The number of aromatic nitrogens is 3. The average Bonchev–Trinajstić information content (AvgIpc) is 3.62. The first-order chi connectivity index (χ1) is 15.5. The number of piperidine rings is 1. The van der Waals surface area contributed by atoms with Crippen molar-refractivity contribution in [3.05, 3.63) is 53.4 Å². The van der Waals surface area contributed by atoms with Crippen molar-refractivity contribution in [2.75, 3.05) is 23.3 Å². The third-order valence-electron chi connectivity index (χ3n) is 6.08. The third kappa shape index (κ3) is 4.05. The van der Waals surface area contributed by atoms with Gasteiger partial charge in [-0.05, 0) is 37.7 Å². The lowest BCUT2D eigenvalue weighted by Gasteiger charge is -2.35. The second-order valence-electron chi connectivity index (χ2n) is 8.38. The van der Waals surface area contributed by atoms with Crippen molar-refractivity contribution < 1.29 is 13.2 Å². The van der Waals surface area contributed by atoms with E-state index in [2.05, 4.69) is 15.3 Å². The minimum atomic E-state index is -1.49. The Bertz CT molecular complexity index is 1200. The van der Waals surface area contributed by atoms with Crippen LogP contribution in [0.4, 0.5) is 24.8 Å². The van der Waals surface area contributed by atoms with E-state index in [0.717, 1.165) is 25.0 Å². The highest BCUT2D eigenvalue weighted by Gasteiger charge is 2.32. The number of nitrogens with one attached hydrogen (secondary N) is 1. The maximum absolute atomic E-state index is 15.0. The summed E-state index contributed by atoms with van der Waals surface area (Å²) in [4.78, 5) is 15.6. The smallest absolute Gasteiger partial charge is 0.172 e. The first-order valence-corrected chi connectivity index (χ1v) is 10.7. The fraction of sp³-hybridized carbons (Fsp3) is 0.391. The average molecular weight is 438 g/mol. The van der Waals surface area contributed by atoms with Crippen LogP contribution in [0.1, 0.15) is 43.1 Å². The maximum Gasteiger partial charge on any atom is 0.172 e. The Morgan fingerprint density at radius 2 is 1.84 bits per heavy atom. The van der Waals surface area contributed by atoms with E-state index in [1.54, 1.807) is 12.3 Å². The Kier molecular flexibility index (Phi) is 5.29. The highest BCUT2D eigenvalue weighted by atomic mass is 19.1. The van der Waals surface area contributed by atoms with Gasteiger partial charge in [0.1, 0.15) is 35.1 Å². The number of hydrogen-bond acceptors (Lipinski definition) is 6. The lowest BCUT2D eigenvalue weighted by molar-refractivity contribution is 0.193. The van der Waals surface area contributed by atoms with Crippen molar-refractivity contribution in [1.29, 1.82) is 5.26 Å². The van der Waals surface area contributed by atoms with Gasteiger partial charge in [0.2, 0.25) is 0 Å². The fourth-order valence-corrected chi connectivity index (χ4v) is 4.13. The van der Waals surface area contributed by atoms with Crippen LogP contribution in [0.25, 0.3) is 11.0 Å². The normalized spacial score (nSPS) is 17.9. The second-order valence-corrected chi connectivity index (χ2v) is 8.38. The standard InChI is InChI=1S/C23H21F3N6/c24-14-1-4-17(18(25)9-14)21(26)13-5-7-32(8-6-13)23-22(29-15-2-3-15)30-20-12-28-16(11-27)10-19(20)31-23/h1,4,9-10,12-13,15,21H,2-3,5-8H2,(H,29,30)/t21-/m1/s1.